The Hall–Kier alpha value is -2.44. The highest BCUT2D eigenvalue weighted by atomic mass is 16.6. The minimum Gasteiger partial charge on any atom is -0.444 e. The lowest BCUT2D eigenvalue weighted by Crippen LogP contribution is -2.49. The second-order valence-corrected chi connectivity index (χ2v) is 9.02. The summed E-state index contributed by atoms with van der Waals surface area (Å²) in [6.07, 6.45) is 3.74. The largest absolute Gasteiger partial charge is 0.444 e. The Labute approximate surface area is 166 Å². The molecule has 0 radical (unpaired) electrons. The highest BCUT2D eigenvalue weighted by Crippen LogP contribution is 2.44. The average molecular weight is 383 g/mol. The first-order valence-corrected chi connectivity index (χ1v) is 10.1. The Balaban J connectivity index is 1.58. The van der Waals surface area contributed by atoms with Gasteiger partial charge in [-0.15, -0.1) is 10.2 Å². The summed E-state index contributed by atoms with van der Waals surface area (Å²) < 4.78 is 5.67. The molecule has 2 aromatic rings. The van der Waals surface area contributed by atoms with Crippen LogP contribution in [0.4, 0.5) is 4.79 Å². The quantitative estimate of drug-likeness (QED) is 0.807. The fraction of sp³-hybridized carbons (Fsp3) is 0.619. The Bertz CT molecular complexity index is 815. The molecule has 0 saturated carbocycles. The normalized spacial score (nSPS) is 25.6. The summed E-state index contributed by atoms with van der Waals surface area (Å²) in [5, 5.41) is 12.9. The first-order valence-electron chi connectivity index (χ1n) is 10.1. The smallest absolute Gasteiger partial charge is 0.410 e. The number of hydrogen-bond acceptors (Lipinski definition) is 5. The molecule has 4 rings (SSSR count). The number of ether oxygens (including phenoxy) is 1. The van der Waals surface area contributed by atoms with Gasteiger partial charge in [0.2, 0.25) is 0 Å². The number of aromatic nitrogens is 4. The minimum atomic E-state index is -0.470. The number of fused-ring (bicyclic) bond motifs is 2. The second kappa shape index (κ2) is 7.18. The molecular formula is C21H29N5O2. The third kappa shape index (κ3) is 3.75. The van der Waals surface area contributed by atoms with Gasteiger partial charge >= 0.3 is 6.09 Å². The van der Waals surface area contributed by atoms with Crippen molar-refractivity contribution in [3.05, 3.63) is 41.7 Å². The lowest BCUT2D eigenvalue weighted by Gasteiger charge is -2.41. The monoisotopic (exact) mass is 383 g/mol. The van der Waals surface area contributed by atoms with Crippen LogP contribution in [0.3, 0.4) is 0 Å². The maximum absolute atomic E-state index is 12.8. The Morgan fingerprint density at radius 1 is 1.14 bits per heavy atom. The van der Waals surface area contributed by atoms with E-state index in [1.54, 1.807) is 4.80 Å². The third-order valence-electron chi connectivity index (χ3n) is 5.74. The van der Waals surface area contributed by atoms with Crippen molar-refractivity contribution in [3.8, 4) is 0 Å². The van der Waals surface area contributed by atoms with Gasteiger partial charge in [-0.2, -0.15) is 4.80 Å². The van der Waals surface area contributed by atoms with Crippen LogP contribution in [0.1, 0.15) is 63.9 Å². The summed E-state index contributed by atoms with van der Waals surface area (Å²) >= 11 is 0. The van der Waals surface area contributed by atoms with E-state index in [0.29, 0.717) is 11.7 Å². The van der Waals surface area contributed by atoms with Gasteiger partial charge in [0.05, 0.1) is 0 Å². The van der Waals surface area contributed by atoms with Crippen molar-refractivity contribution in [3.63, 3.8) is 0 Å². The molecule has 2 saturated heterocycles. The Morgan fingerprint density at radius 2 is 1.79 bits per heavy atom. The molecule has 28 heavy (non-hydrogen) atoms. The van der Waals surface area contributed by atoms with Crippen molar-refractivity contribution in [2.45, 2.75) is 77.1 Å². The molecule has 2 aliphatic heterocycles. The zero-order valence-corrected chi connectivity index (χ0v) is 17.1. The first-order chi connectivity index (χ1) is 13.3. The van der Waals surface area contributed by atoms with E-state index in [1.165, 1.54) is 5.56 Å². The highest BCUT2D eigenvalue weighted by molar-refractivity contribution is 5.69. The number of aryl methyl sites for hydroxylation is 1. The van der Waals surface area contributed by atoms with E-state index in [0.717, 1.165) is 25.7 Å². The molecule has 2 aliphatic rings. The molecule has 2 fully saturated rings. The van der Waals surface area contributed by atoms with Gasteiger partial charge in [-0.05, 0) is 70.1 Å². The fourth-order valence-corrected chi connectivity index (χ4v) is 4.75. The molecule has 1 aromatic carbocycles. The van der Waals surface area contributed by atoms with Crippen LogP contribution in [0, 0.1) is 12.8 Å². The van der Waals surface area contributed by atoms with Crippen molar-refractivity contribution in [1.29, 1.82) is 0 Å². The molecule has 3 heterocycles. The lowest BCUT2D eigenvalue weighted by molar-refractivity contribution is -0.00107. The van der Waals surface area contributed by atoms with Crippen LogP contribution in [0.25, 0.3) is 0 Å². The number of nitrogens with zero attached hydrogens (tertiary/aromatic N) is 5. The predicted octanol–water partition coefficient (Wildman–Crippen LogP) is 3.75. The topological polar surface area (TPSA) is 73.1 Å². The molecule has 1 aromatic heterocycles. The van der Waals surface area contributed by atoms with Crippen molar-refractivity contribution in [2.75, 3.05) is 0 Å². The minimum absolute atomic E-state index is 0.0336. The third-order valence-corrected chi connectivity index (χ3v) is 5.74. The van der Waals surface area contributed by atoms with E-state index in [4.69, 9.17) is 4.74 Å². The lowest BCUT2D eigenvalue weighted by atomic mass is 9.82. The molecule has 3 unspecified atom stereocenters. The predicted molar refractivity (Wildman–Crippen MR) is 105 cm³/mol. The summed E-state index contributed by atoms with van der Waals surface area (Å²) in [6.45, 7) is 7.62. The molecule has 7 nitrogen and oxygen atoms in total. The Morgan fingerprint density at radius 3 is 2.32 bits per heavy atom. The van der Waals surface area contributed by atoms with E-state index in [-0.39, 0.29) is 24.2 Å². The van der Waals surface area contributed by atoms with E-state index >= 15 is 0 Å². The average Bonchev–Trinajstić information content (AvgIpc) is 3.16. The van der Waals surface area contributed by atoms with Gasteiger partial charge in [0, 0.05) is 12.1 Å². The van der Waals surface area contributed by atoms with Crippen LogP contribution in [-0.4, -0.2) is 48.9 Å². The molecule has 0 N–H and O–H groups in total. The van der Waals surface area contributed by atoms with Gasteiger partial charge in [-0.3, -0.25) is 0 Å². The van der Waals surface area contributed by atoms with Crippen LogP contribution in [0.2, 0.25) is 0 Å². The summed E-state index contributed by atoms with van der Waals surface area (Å²) in [5.41, 5.74) is 0.720. The number of benzene rings is 1. The zero-order valence-electron chi connectivity index (χ0n) is 17.1. The number of carbonyl (C=O) groups is 1. The summed E-state index contributed by atoms with van der Waals surface area (Å²) in [6, 6.07) is 10.9. The standard InChI is InChI=1S/C21H29N5O2/c1-14-22-24-26(23-14)19(15-8-6-5-7-9-15)16-12-17-10-11-18(13-16)25(17)20(27)28-21(2,3)4/h5-9,16-19H,10-13H2,1-4H3. The summed E-state index contributed by atoms with van der Waals surface area (Å²) in [4.78, 5) is 16.5. The molecule has 150 valence electrons. The van der Waals surface area contributed by atoms with Gasteiger partial charge in [0.1, 0.15) is 11.6 Å². The van der Waals surface area contributed by atoms with E-state index in [2.05, 4.69) is 39.7 Å². The molecule has 2 bridgehead atoms. The highest BCUT2D eigenvalue weighted by Gasteiger charge is 2.47. The Kier molecular flexibility index (Phi) is 4.85. The van der Waals surface area contributed by atoms with Crippen LogP contribution in [0.15, 0.2) is 30.3 Å². The van der Waals surface area contributed by atoms with Gasteiger partial charge in [0.15, 0.2) is 5.82 Å². The van der Waals surface area contributed by atoms with Gasteiger partial charge < -0.3 is 9.64 Å². The van der Waals surface area contributed by atoms with Gasteiger partial charge in [-0.1, -0.05) is 30.3 Å². The van der Waals surface area contributed by atoms with Gasteiger partial charge in [-0.25, -0.2) is 4.79 Å². The maximum Gasteiger partial charge on any atom is 0.410 e. The number of tetrazole rings is 1. The first kappa shape index (κ1) is 18.9. The molecule has 1 amide bonds. The number of piperidine rings is 1. The van der Waals surface area contributed by atoms with E-state index < -0.39 is 5.60 Å². The molecule has 7 heteroatoms. The fourth-order valence-electron chi connectivity index (χ4n) is 4.75. The number of amides is 1. The summed E-state index contributed by atoms with van der Waals surface area (Å²) in [5.74, 6) is 1.03. The van der Waals surface area contributed by atoms with Gasteiger partial charge in [0.25, 0.3) is 0 Å². The molecular weight excluding hydrogens is 354 g/mol. The molecule has 3 atom stereocenters. The summed E-state index contributed by atoms with van der Waals surface area (Å²) in [7, 11) is 0. The number of hydrogen-bond donors (Lipinski definition) is 0. The molecule has 0 spiro atoms. The SMILES string of the molecule is Cc1nnn(C(c2ccccc2)C2CC3CCC(C2)N3C(=O)OC(C)(C)C)n1. The zero-order chi connectivity index (χ0) is 19.9. The number of carbonyl (C=O) groups excluding carboxylic acids is 1. The van der Waals surface area contributed by atoms with E-state index in [9.17, 15) is 4.79 Å². The van der Waals surface area contributed by atoms with Crippen molar-refractivity contribution in [1.82, 2.24) is 25.1 Å². The van der Waals surface area contributed by atoms with Crippen molar-refractivity contribution >= 4 is 6.09 Å². The van der Waals surface area contributed by atoms with Crippen LogP contribution in [0.5, 0.6) is 0 Å². The molecule has 0 aliphatic carbocycles. The van der Waals surface area contributed by atoms with Crippen LogP contribution in [-0.2, 0) is 4.74 Å². The van der Waals surface area contributed by atoms with E-state index in [1.807, 2.05) is 38.7 Å². The maximum atomic E-state index is 12.8. The van der Waals surface area contributed by atoms with Crippen molar-refractivity contribution < 1.29 is 9.53 Å². The second-order valence-electron chi connectivity index (χ2n) is 9.02. The number of rotatable bonds is 3. The van der Waals surface area contributed by atoms with Crippen LogP contribution < -0.4 is 0 Å². The van der Waals surface area contributed by atoms with Crippen molar-refractivity contribution in [2.24, 2.45) is 5.92 Å². The van der Waals surface area contributed by atoms with Crippen LogP contribution >= 0.6 is 0 Å².